The lowest BCUT2D eigenvalue weighted by molar-refractivity contribution is -0.136. The van der Waals surface area contributed by atoms with Gasteiger partial charge < -0.3 is 9.64 Å². The largest absolute Gasteiger partial charge is 0.490 e. The molecule has 2 heterocycles. The van der Waals surface area contributed by atoms with Crippen LogP contribution in [0.15, 0.2) is 29.2 Å². The maximum absolute atomic E-state index is 12.7. The van der Waals surface area contributed by atoms with Crippen molar-refractivity contribution >= 4 is 34.9 Å². The number of imide groups is 1. The third kappa shape index (κ3) is 4.76. The quantitative estimate of drug-likeness (QED) is 0.675. The lowest BCUT2D eigenvalue weighted by atomic mass is 10.1. The minimum Gasteiger partial charge on any atom is -0.490 e. The summed E-state index contributed by atoms with van der Waals surface area (Å²) >= 11 is 0.871. The second-order valence-corrected chi connectivity index (χ2v) is 8.08. The van der Waals surface area contributed by atoms with Gasteiger partial charge in [0.05, 0.1) is 11.0 Å². The summed E-state index contributed by atoms with van der Waals surface area (Å²) in [5, 5.41) is -0.401. The van der Waals surface area contributed by atoms with Gasteiger partial charge in [0.1, 0.15) is 12.3 Å². The number of benzene rings is 1. The number of carbonyl (C=O) groups is 3. The molecular weight excluding hydrogens is 376 g/mol. The van der Waals surface area contributed by atoms with Crippen LogP contribution >= 0.6 is 11.8 Å². The summed E-state index contributed by atoms with van der Waals surface area (Å²) in [5.74, 6) is 0.0931. The van der Waals surface area contributed by atoms with Gasteiger partial charge in [-0.05, 0) is 56.5 Å². The standard InChI is InChI=1S/C21H26N2O4S/c1-3-15(2)27-17-10-6-5-9-16(17)13-18-20(25)23(21(26)28-18)14-19(24)22-11-7-4-8-12-22/h5-6,9-10,13,15H,3-4,7-8,11-12,14H2,1-2H3/b18-13-. The van der Waals surface area contributed by atoms with Crippen LogP contribution in [-0.4, -0.2) is 52.6 Å². The van der Waals surface area contributed by atoms with Crippen molar-refractivity contribution < 1.29 is 19.1 Å². The molecule has 2 fully saturated rings. The summed E-state index contributed by atoms with van der Waals surface area (Å²) in [7, 11) is 0. The number of nitrogens with zero attached hydrogens (tertiary/aromatic N) is 2. The molecule has 0 saturated carbocycles. The molecule has 3 rings (SSSR count). The van der Waals surface area contributed by atoms with E-state index in [1.54, 1.807) is 11.0 Å². The van der Waals surface area contributed by atoms with Gasteiger partial charge in [0, 0.05) is 18.7 Å². The molecule has 0 spiro atoms. The van der Waals surface area contributed by atoms with E-state index in [1.807, 2.05) is 38.1 Å². The Kier molecular flexibility index (Phi) is 6.78. The predicted molar refractivity (Wildman–Crippen MR) is 110 cm³/mol. The Morgan fingerprint density at radius 3 is 2.64 bits per heavy atom. The van der Waals surface area contributed by atoms with Crippen molar-refractivity contribution in [2.45, 2.75) is 45.6 Å². The van der Waals surface area contributed by atoms with E-state index in [1.165, 1.54) is 0 Å². The summed E-state index contributed by atoms with van der Waals surface area (Å²) in [6.07, 6.45) is 5.65. The van der Waals surface area contributed by atoms with Crippen molar-refractivity contribution in [1.82, 2.24) is 9.80 Å². The van der Waals surface area contributed by atoms with Crippen LogP contribution in [0.1, 0.15) is 45.1 Å². The molecule has 150 valence electrons. The first-order chi connectivity index (χ1) is 13.5. The van der Waals surface area contributed by atoms with Crippen molar-refractivity contribution in [2.75, 3.05) is 19.6 Å². The fourth-order valence-electron chi connectivity index (χ4n) is 3.16. The molecule has 1 aromatic rings. The fourth-order valence-corrected chi connectivity index (χ4v) is 3.99. The third-order valence-electron chi connectivity index (χ3n) is 4.98. The molecule has 1 aromatic carbocycles. The normalized spacial score (nSPS) is 20.0. The maximum Gasteiger partial charge on any atom is 0.294 e. The molecule has 0 aromatic heterocycles. The topological polar surface area (TPSA) is 66.9 Å². The van der Waals surface area contributed by atoms with Gasteiger partial charge in [-0.2, -0.15) is 0 Å². The highest BCUT2D eigenvalue weighted by Gasteiger charge is 2.37. The number of hydrogen-bond acceptors (Lipinski definition) is 5. The number of likely N-dealkylation sites (tertiary alicyclic amines) is 1. The lowest BCUT2D eigenvalue weighted by Gasteiger charge is -2.27. The van der Waals surface area contributed by atoms with E-state index in [0.29, 0.717) is 23.7 Å². The van der Waals surface area contributed by atoms with Crippen LogP contribution in [0.25, 0.3) is 6.08 Å². The summed E-state index contributed by atoms with van der Waals surface area (Å²) in [4.78, 5) is 40.6. The molecule has 0 N–H and O–H groups in total. The molecule has 0 aliphatic carbocycles. The molecular formula is C21H26N2O4S. The third-order valence-corrected chi connectivity index (χ3v) is 5.89. The zero-order valence-corrected chi connectivity index (χ0v) is 17.2. The number of piperidine rings is 1. The van der Waals surface area contributed by atoms with E-state index in [-0.39, 0.29) is 18.6 Å². The van der Waals surface area contributed by atoms with Crippen molar-refractivity contribution in [3.05, 3.63) is 34.7 Å². The number of ether oxygens (including phenoxy) is 1. The Morgan fingerprint density at radius 2 is 1.93 bits per heavy atom. The number of carbonyl (C=O) groups excluding carboxylic acids is 3. The first kappa shape index (κ1) is 20.5. The number of thioether (sulfide) groups is 1. The second kappa shape index (κ2) is 9.28. The number of rotatable bonds is 6. The molecule has 3 amide bonds. The Hall–Kier alpha value is -2.28. The monoisotopic (exact) mass is 402 g/mol. The Labute approximate surface area is 169 Å². The second-order valence-electron chi connectivity index (χ2n) is 7.08. The van der Waals surface area contributed by atoms with E-state index in [9.17, 15) is 14.4 Å². The molecule has 28 heavy (non-hydrogen) atoms. The van der Waals surface area contributed by atoms with Gasteiger partial charge in [-0.1, -0.05) is 25.1 Å². The first-order valence-corrected chi connectivity index (χ1v) is 10.6. The van der Waals surface area contributed by atoms with E-state index in [4.69, 9.17) is 4.74 Å². The molecule has 2 aliphatic heterocycles. The first-order valence-electron chi connectivity index (χ1n) is 9.78. The van der Waals surface area contributed by atoms with Gasteiger partial charge >= 0.3 is 0 Å². The average molecular weight is 403 g/mol. The van der Waals surface area contributed by atoms with Crippen LogP contribution in [0.4, 0.5) is 4.79 Å². The van der Waals surface area contributed by atoms with Crippen LogP contribution in [0.5, 0.6) is 5.75 Å². The summed E-state index contributed by atoms with van der Waals surface area (Å²) < 4.78 is 5.91. The van der Waals surface area contributed by atoms with Gasteiger partial charge in [0.15, 0.2) is 0 Å². The number of hydrogen-bond donors (Lipinski definition) is 0. The van der Waals surface area contributed by atoms with Crippen LogP contribution in [0.2, 0.25) is 0 Å². The summed E-state index contributed by atoms with van der Waals surface area (Å²) in [6.45, 7) is 5.23. The molecule has 0 radical (unpaired) electrons. The molecule has 1 atom stereocenters. The molecule has 1 unspecified atom stereocenters. The zero-order valence-electron chi connectivity index (χ0n) is 16.3. The van der Waals surface area contributed by atoms with Crippen LogP contribution in [0, 0.1) is 0 Å². The predicted octanol–water partition coefficient (Wildman–Crippen LogP) is 3.91. The molecule has 7 heteroatoms. The molecule has 0 bridgehead atoms. The van der Waals surface area contributed by atoms with Gasteiger partial charge in [-0.3, -0.25) is 19.3 Å². The van der Waals surface area contributed by atoms with Crippen molar-refractivity contribution in [3.63, 3.8) is 0 Å². The smallest absolute Gasteiger partial charge is 0.294 e. The molecule has 2 saturated heterocycles. The molecule has 6 nitrogen and oxygen atoms in total. The van der Waals surface area contributed by atoms with Gasteiger partial charge in [0.25, 0.3) is 11.1 Å². The van der Waals surface area contributed by atoms with E-state index >= 15 is 0 Å². The Balaban J connectivity index is 1.73. The summed E-state index contributed by atoms with van der Waals surface area (Å²) in [5.41, 5.74) is 0.746. The van der Waals surface area contributed by atoms with Crippen LogP contribution < -0.4 is 4.74 Å². The minimum absolute atomic E-state index is 0.0479. The molecule has 2 aliphatic rings. The van der Waals surface area contributed by atoms with E-state index in [2.05, 4.69) is 0 Å². The maximum atomic E-state index is 12.7. The van der Waals surface area contributed by atoms with Crippen molar-refractivity contribution in [3.8, 4) is 5.75 Å². The SMILES string of the molecule is CCC(C)Oc1ccccc1/C=C1\SC(=O)N(CC(=O)N2CCCCC2)C1=O. The van der Waals surface area contributed by atoms with E-state index < -0.39 is 11.1 Å². The fraction of sp³-hybridized carbons (Fsp3) is 0.476. The van der Waals surface area contributed by atoms with Crippen LogP contribution in [0.3, 0.4) is 0 Å². The van der Waals surface area contributed by atoms with Crippen LogP contribution in [-0.2, 0) is 9.59 Å². The highest BCUT2D eigenvalue weighted by atomic mass is 32.2. The number of para-hydroxylation sites is 1. The average Bonchev–Trinajstić information content (AvgIpc) is 2.97. The zero-order chi connectivity index (χ0) is 20.1. The summed E-state index contributed by atoms with van der Waals surface area (Å²) in [6, 6.07) is 7.43. The van der Waals surface area contributed by atoms with Crippen molar-refractivity contribution in [1.29, 1.82) is 0 Å². The van der Waals surface area contributed by atoms with Gasteiger partial charge in [-0.15, -0.1) is 0 Å². The van der Waals surface area contributed by atoms with Crippen molar-refractivity contribution in [2.24, 2.45) is 0 Å². The highest BCUT2D eigenvalue weighted by molar-refractivity contribution is 8.18. The van der Waals surface area contributed by atoms with Gasteiger partial charge in [0.2, 0.25) is 5.91 Å². The van der Waals surface area contributed by atoms with E-state index in [0.717, 1.165) is 47.9 Å². The lowest BCUT2D eigenvalue weighted by Crippen LogP contribution is -2.44. The Morgan fingerprint density at radius 1 is 1.21 bits per heavy atom. The number of amides is 3. The van der Waals surface area contributed by atoms with Gasteiger partial charge in [-0.25, -0.2) is 0 Å². The highest BCUT2D eigenvalue weighted by Crippen LogP contribution is 2.34. The Bertz CT molecular complexity index is 786. The minimum atomic E-state index is -0.418.